The molecule has 8 nitrogen and oxygen atoms in total. The van der Waals surface area contributed by atoms with E-state index in [9.17, 15) is 17.6 Å². The molecule has 0 saturated heterocycles. The lowest BCUT2D eigenvalue weighted by atomic mass is 10.1. The lowest BCUT2D eigenvalue weighted by Crippen LogP contribution is -2.18. The molecule has 0 radical (unpaired) electrons. The van der Waals surface area contributed by atoms with Crippen molar-refractivity contribution in [2.24, 2.45) is 0 Å². The molecule has 1 aromatic heterocycles. The number of nitrogens with zero attached hydrogens (tertiary/aromatic N) is 4. The quantitative estimate of drug-likeness (QED) is 0.645. The van der Waals surface area contributed by atoms with Gasteiger partial charge in [0.1, 0.15) is 11.5 Å². The Balaban J connectivity index is 1.43. The highest BCUT2D eigenvalue weighted by molar-refractivity contribution is 7.91. The number of amides is 1. The summed E-state index contributed by atoms with van der Waals surface area (Å²) in [5, 5.41) is 13.5. The molecule has 0 unspecified atom stereocenters. The summed E-state index contributed by atoms with van der Waals surface area (Å²) in [5.74, 6) is -0.955. The van der Waals surface area contributed by atoms with Crippen molar-refractivity contribution in [3.05, 3.63) is 59.2 Å². The molecule has 0 aliphatic heterocycles. The summed E-state index contributed by atoms with van der Waals surface area (Å²) >= 11 is 0. The number of aromatic nitrogens is 4. The van der Waals surface area contributed by atoms with Crippen LogP contribution >= 0.6 is 0 Å². The molecule has 1 N–H and O–H groups in total. The average Bonchev–Trinajstić information content (AvgIpc) is 3.36. The van der Waals surface area contributed by atoms with E-state index in [0.29, 0.717) is 11.5 Å². The lowest BCUT2D eigenvalue weighted by Gasteiger charge is -2.10. The molecule has 1 aliphatic carbocycles. The van der Waals surface area contributed by atoms with Crippen LogP contribution in [0.25, 0.3) is 5.69 Å². The Kier molecular flexibility index (Phi) is 5.33. The van der Waals surface area contributed by atoms with Crippen LogP contribution in [0.15, 0.2) is 41.3 Å². The van der Waals surface area contributed by atoms with Gasteiger partial charge in [-0.1, -0.05) is 6.07 Å². The summed E-state index contributed by atoms with van der Waals surface area (Å²) < 4.78 is 40.6. The van der Waals surface area contributed by atoms with E-state index in [4.69, 9.17) is 0 Å². The number of halogens is 1. The maximum atomic E-state index is 14.1. The molecule has 156 valence electrons. The van der Waals surface area contributed by atoms with Gasteiger partial charge < -0.3 is 5.32 Å². The zero-order valence-electron chi connectivity index (χ0n) is 16.3. The molecule has 0 saturated carbocycles. The Morgan fingerprint density at radius 1 is 1.17 bits per heavy atom. The number of carbonyl (C=O) groups is 1. The van der Waals surface area contributed by atoms with E-state index in [-0.39, 0.29) is 22.8 Å². The average molecular weight is 429 g/mol. The number of carbonyl (C=O) groups excluding carboxylic acids is 1. The molecule has 1 aliphatic rings. The fraction of sp³-hybridized carbons (Fsp3) is 0.300. The first-order chi connectivity index (χ1) is 14.3. The van der Waals surface area contributed by atoms with E-state index in [1.54, 1.807) is 19.1 Å². The monoisotopic (exact) mass is 429 g/mol. The van der Waals surface area contributed by atoms with E-state index in [2.05, 4.69) is 20.8 Å². The number of tetrazole rings is 1. The molecule has 0 fully saturated rings. The molecular formula is C20H20FN5O3S. The van der Waals surface area contributed by atoms with E-state index < -0.39 is 21.6 Å². The topological polar surface area (TPSA) is 107 Å². The third-order valence-electron chi connectivity index (χ3n) is 5.11. The number of nitrogens with one attached hydrogen (secondary N) is 1. The van der Waals surface area contributed by atoms with Gasteiger partial charge in [-0.05, 0) is 78.1 Å². The SMILES string of the molecule is Cc1nnnn1-c1cc(NC(=O)CCS(=O)(=O)c2ccc3c(c2)CCC3)ccc1F. The van der Waals surface area contributed by atoms with Crippen LogP contribution in [0.3, 0.4) is 0 Å². The predicted octanol–water partition coefficient (Wildman–Crippen LogP) is 2.40. The predicted molar refractivity (Wildman–Crippen MR) is 108 cm³/mol. The third kappa shape index (κ3) is 4.09. The first-order valence-corrected chi connectivity index (χ1v) is 11.2. The highest BCUT2D eigenvalue weighted by Gasteiger charge is 2.20. The highest BCUT2D eigenvalue weighted by atomic mass is 32.2. The Bertz CT molecular complexity index is 1220. The number of hydrogen-bond donors (Lipinski definition) is 1. The Labute approximate surface area is 173 Å². The third-order valence-corrected chi connectivity index (χ3v) is 6.82. The number of anilines is 1. The molecule has 4 rings (SSSR count). The number of hydrogen-bond acceptors (Lipinski definition) is 6. The van der Waals surface area contributed by atoms with Crippen LogP contribution in [0.2, 0.25) is 0 Å². The van der Waals surface area contributed by atoms with Crippen molar-refractivity contribution in [3.8, 4) is 5.69 Å². The van der Waals surface area contributed by atoms with Gasteiger partial charge in [-0.15, -0.1) is 5.10 Å². The molecule has 2 aromatic carbocycles. The molecule has 10 heteroatoms. The summed E-state index contributed by atoms with van der Waals surface area (Å²) in [5.41, 5.74) is 2.66. The largest absolute Gasteiger partial charge is 0.326 e. The Morgan fingerprint density at radius 2 is 1.97 bits per heavy atom. The fourth-order valence-electron chi connectivity index (χ4n) is 3.52. The molecule has 1 heterocycles. The second-order valence-corrected chi connectivity index (χ2v) is 9.31. The number of benzene rings is 2. The van der Waals surface area contributed by atoms with Crippen molar-refractivity contribution in [3.63, 3.8) is 0 Å². The van der Waals surface area contributed by atoms with Crippen molar-refractivity contribution in [2.75, 3.05) is 11.1 Å². The minimum atomic E-state index is -3.58. The second-order valence-electron chi connectivity index (χ2n) is 7.21. The van der Waals surface area contributed by atoms with E-state index in [0.717, 1.165) is 24.8 Å². The smallest absolute Gasteiger partial charge is 0.225 e. The van der Waals surface area contributed by atoms with Crippen LogP contribution in [-0.2, 0) is 27.5 Å². The highest BCUT2D eigenvalue weighted by Crippen LogP contribution is 2.25. The van der Waals surface area contributed by atoms with Gasteiger partial charge in [0.05, 0.1) is 10.6 Å². The van der Waals surface area contributed by atoms with Crippen molar-refractivity contribution in [1.82, 2.24) is 20.2 Å². The van der Waals surface area contributed by atoms with Gasteiger partial charge in [0, 0.05) is 12.1 Å². The van der Waals surface area contributed by atoms with Crippen LogP contribution in [0, 0.1) is 12.7 Å². The molecule has 0 atom stereocenters. The minimum Gasteiger partial charge on any atom is -0.326 e. The van der Waals surface area contributed by atoms with Crippen LogP contribution < -0.4 is 5.32 Å². The van der Waals surface area contributed by atoms with Crippen molar-refractivity contribution >= 4 is 21.4 Å². The zero-order valence-corrected chi connectivity index (χ0v) is 17.1. The first-order valence-electron chi connectivity index (χ1n) is 9.53. The summed E-state index contributed by atoms with van der Waals surface area (Å²) in [7, 11) is -3.58. The number of aryl methyl sites for hydroxylation is 3. The molecule has 0 bridgehead atoms. The fourth-order valence-corrected chi connectivity index (χ4v) is 4.80. The van der Waals surface area contributed by atoms with E-state index >= 15 is 0 Å². The van der Waals surface area contributed by atoms with Crippen molar-refractivity contribution in [1.29, 1.82) is 0 Å². The van der Waals surface area contributed by atoms with Crippen LogP contribution in [-0.4, -0.2) is 40.3 Å². The summed E-state index contributed by atoms with van der Waals surface area (Å²) in [6, 6.07) is 9.16. The summed E-state index contributed by atoms with van der Waals surface area (Å²) in [4.78, 5) is 12.6. The Hall–Kier alpha value is -3.14. The summed E-state index contributed by atoms with van der Waals surface area (Å²) in [6.45, 7) is 1.62. The van der Waals surface area contributed by atoms with Crippen molar-refractivity contribution in [2.45, 2.75) is 37.5 Å². The molecular weight excluding hydrogens is 409 g/mol. The molecule has 1 amide bonds. The standard InChI is InChI=1S/C20H20FN5O3S/c1-13-23-24-25-26(13)19-12-16(6-8-18(19)21)22-20(27)9-10-30(28,29)17-7-5-14-3-2-4-15(14)11-17/h5-8,11-12H,2-4,9-10H2,1H3,(H,22,27). The van der Waals surface area contributed by atoms with Gasteiger partial charge in [-0.3, -0.25) is 4.79 Å². The van der Waals surface area contributed by atoms with Gasteiger partial charge in [-0.25, -0.2) is 12.8 Å². The number of fused-ring (bicyclic) bond motifs is 1. The van der Waals surface area contributed by atoms with Gasteiger partial charge in [0.2, 0.25) is 5.91 Å². The minimum absolute atomic E-state index is 0.0843. The van der Waals surface area contributed by atoms with Crippen LogP contribution in [0.4, 0.5) is 10.1 Å². The van der Waals surface area contributed by atoms with Crippen LogP contribution in [0.1, 0.15) is 29.8 Å². The van der Waals surface area contributed by atoms with Crippen LogP contribution in [0.5, 0.6) is 0 Å². The lowest BCUT2D eigenvalue weighted by molar-refractivity contribution is -0.115. The number of sulfone groups is 1. The second kappa shape index (κ2) is 7.94. The van der Waals surface area contributed by atoms with E-state index in [1.807, 2.05) is 6.07 Å². The van der Waals surface area contributed by atoms with Gasteiger partial charge in [0.25, 0.3) is 0 Å². The molecule has 30 heavy (non-hydrogen) atoms. The Morgan fingerprint density at radius 3 is 2.73 bits per heavy atom. The maximum absolute atomic E-state index is 14.1. The van der Waals surface area contributed by atoms with Crippen molar-refractivity contribution < 1.29 is 17.6 Å². The first kappa shape index (κ1) is 20.1. The van der Waals surface area contributed by atoms with Gasteiger partial charge >= 0.3 is 0 Å². The normalized spacial score (nSPS) is 13.3. The van der Waals surface area contributed by atoms with Gasteiger partial charge in [-0.2, -0.15) is 4.68 Å². The van der Waals surface area contributed by atoms with Gasteiger partial charge in [0.15, 0.2) is 15.7 Å². The maximum Gasteiger partial charge on any atom is 0.225 e. The molecule has 0 spiro atoms. The molecule has 3 aromatic rings. The summed E-state index contributed by atoms with van der Waals surface area (Å²) in [6.07, 6.45) is 2.68. The zero-order chi connectivity index (χ0) is 21.3. The van der Waals surface area contributed by atoms with E-state index in [1.165, 1.54) is 28.4 Å². The number of rotatable bonds is 6.